The van der Waals surface area contributed by atoms with Crippen molar-refractivity contribution >= 4 is 21.9 Å². The molecule has 0 fully saturated rings. The second-order valence-corrected chi connectivity index (χ2v) is 5.91. The van der Waals surface area contributed by atoms with Gasteiger partial charge in [-0.2, -0.15) is 0 Å². The lowest BCUT2D eigenvalue weighted by atomic mass is 9.91. The van der Waals surface area contributed by atoms with Gasteiger partial charge in [0.1, 0.15) is 13.2 Å². The molecular weight excluding hydrogens is 340 g/mol. The van der Waals surface area contributed by atoms with Crippen LogP contribution in [0.4, 0.5) is 0 Å². The number of aliphatic hydroxyl groups excluding tert-OH is 1. The summed E-state index contributed by atoms with van der Waals surface area (Å²) < 4.78 is 11.7. The van der Waals surface area contributed by atoms with Crippen LogP contribution in [0.3, 0.4) is 0 Å². The summed E-state index contributed by atoms with van der Waals surface area (Å²) >= 11 is 3.38. The molecule has 0 saturated carbocycles. The molecule has 6 heteroatoms. The first-order chi connectivity index (χ1) is 10.0. The molecule has 2 atom stereocenters. The number of halogens is 1. The maximum absolute atomic E-state index is 11.4. The number of benzene rings is 1. The molecule has 2 unspecified atom stereocenters. The van der Waals surface area contributed by atoms with Gasteiger partial charge in [-0.1, -0.05) is 19.8 Å². The number of carbonyl (C=O) groups is 1. The van der Waals surface area contributed by atoms with E-state index in [0.717, 1.165) is 12.8 Å². The SMILES string of the molecule is CCCCC(C(=O)O)C(O)c1cc(Br)c2c(c1)OCCO2. The highest BCUT2D eigenvalue weighted by Crippen LogP contribution is 2.41. The van der Waals surface area contributed by atoms with E-state index in [-0.39, 0.29) is 0 Å². The molecule has 2 N–H and O–H groups in total. The number of fused-ring (bicyclic) bond motifs is 1. The predicted molar refractivity (Wildman–Crippen MR) is 80.7 cm³/mol. The normalized spacial score (nSPS) is 16.3. The molecule has 1 aromatic carbocycles. The number of hydrogen-bond acceptors (Lipinski definition) is 4. The lowest BCUT2D eigenvalue weighted by molar-refractivity contribution is -0.146. The molecule has 0 amide bonds. The number of carboxylic acid groups (broad SMARTS) is 1. The van der Waals surface area contributed by atoms with Crippen molar-refractivity contribution in [2.75, 3.05) is 13.2 Å². The number of aliphatic carboxylic acids is 1. The van der Waals surface area contributed by atoms with E-state index in [1.165, 1.54) is 0 Å². The van der Waals surface area contributed by atoms with Gasteiger partial charge in [0.25, 0.3) is 0 Å². The maximum atomic E-state index is 11.4. The fraction of sp³-hybridized carbons (Fsp3) is 0.533. The molecule has 0 radical (unpaired) electrons. The van der Waals surface area contributed by atoms with Crippen LogP contribution in [-0.2, 0) is 4.79 Å². The summed E-state index contributed by atoms with van der Waals surface area (Å²) in [5.41, 5.74) is 0.523. The summed E-state index contributed by atoms with van der Waals surface area (Å²) in [4.78, 5) is 11.4. The molecule has 1 heterocycles. The van der Waals surface area contributed by atoms with Crippen LogP contribution in [0.5, 0.6) is 11.5 Å². The number of hydrogen-bond donors (Lipinski definition) is 2. The zero-order chi connectivity index (χ0) is 15.4. The molecule has 21 heavy (non-hydrogen) atoms. The molecular formula is C15H19BrO5. The van der Waals surface area contributed by atoms with Gasteiger partial charge in [0.15, 0.2) is 11.5 Å². The predicted octanol–water partition coefficient (Wildman–Crippen LogP) is 3.14. The van der Waals surface area contributed by atoms with Gasteiger partial charge in [0, 0.05) is 0 Å². The van der Waals surface area contributed by atoms with Crippen LogP contribution in [0, 0.1) is 5.92 Å². The Bertz CT molecular complexity index is 517. The Morgan fingerprint density at radius 1 is 1.38 bits per heavy atom. The van der Waals surface area contributed by atoms with Gasteiger partial charge >= 0.3 is 5.97 Å². The van der Waals surface area contributed by atoms with Crippen molar-refractivity contribution in [2.24, 2.45) is 5.92 Å². The molecule has 0 bridgehead atoms. The van der Waals surface area contributed by atoms with Crippen LogP contribution in [0.2, 0.25) is 0 Å². The average Bonchev–Trinajstić information content (AvgIpc) is 2.47. The third-order valence-corrected chi connectivity index (χ3v) is 4.12. The van der Waals surface area contributed by atoms with Crippen molar-refractivity contribution in [3.8, 4) is 11.5 Å². The summed E-state index contributed by atoms with van der Waals surface area (Å²) in [7, 11) is 0. The first-order valence-corrected chi connectivity index (χ1v) is 7.83. The van der Waals surface area contributed by atoms with Gasteiger partial charge in [0.2, 0.25) is 0 Å². The van der Waals surface area contributed by atoms with Gasteiger partial charge < -0.3 is 19.7 Å². The Balaban J connectivity index is 2.27. The molecule has 0 spiro atoms. The maximum Gasteiger partial charge on any atom is 0.309 e. The smallest absolute Gasteiger partial charge is 0.309 e. The van der Waals surface area contributed by atoms with E-state index in [2.05, 4.69) is 15.9 Å². The topological polar surface area (TPSA) is 76.0 Å². The Morgan fingerprint density at radius 2 is 2.10 bits per heavy atom. The summed E-state index contributed by atoms with van der Waals surface area (Å²) in [5.74, 6) is -0.677. The average molecular weight is 359 g/mol. The number of carboxylic acids is 1. The van der Waals surface area contributed by atoms with Crippen LogP contribution in [0.1, 0.15) is 37.9 Å². The highest BCUT2D eigenvalue weighted by Gasteiger charge is 2.29. The molecule has 1 aliphatic rings. The molecule has 0 saturated heterocycles. The van der Waals surface area contributed by atoms with Gasteiger partial charge in [-0.05, 0) is 40.0 Å². The minimum absolute atomic E-state index is 0.442. The second-order valence-electron chi connectivity index (χ2n) is 5.06. The van der Waals surface area contributed by atoms with Crippen molar-refractivity contribution < 1.29 is 24.5 Å². The molecule has 116 valence electrons. The molecule has 0 aromatic heterocycles. The third kappa shape index (κ3) is 3.68. The van der Waals surface area contributed by atoms with E-state index in [4.69, 9.17) is 9.47 Å². The van der Waals surface area contributed by atoms with E-state index in [0.29, 0.717) is 41.2 Å². The fourth-order valence-corrected chi connectivity index (χ4v) is 2.95. The molecule has 2 rings (SSSR count). The summed E-state index contributed by atoms with van der Waals surface area (Å²) in [6.45, 7) is 2.91. The number of aliphatic hydroxyl groups is 1. The van der Waals surface area contributed by atoms with Crippen molar-refractivity contribution in [2.45, 2.75) is 32.3 Å². The Labute approximate surface area is 132 Å². The number of ether oxygens (including phenoxy) is 2. The Kier molecular flexibility index (Phi) is 5.47. The lowest BCUT2D eigenvalue weighted by Crippen LogP contribution is -2.22. The Morgan fingerprint density at radius 3 is 2.76 bits per heavy atom. The van der Waals surface area contributed by atoms with Gasteiger partial charge in [0.05, 0.1) is 16.5 Å². The van der Waals surface area contributed by atoms with Crippen LogP contribution in [-0.4, -0.2) is 29.4 Å². The fourth-order valence-electron chi connectivity index (χ4n) is 2.37. The summed E-state index contributed by atoms with van der Waals surface area (Å²) in [6, 6.07) is 3.35. The van der Waals surface area contributed by atoms with Crippen molar-refractivity contribution in [3.63, 3.8) is 0 Å². The zero-order valence-electron chi connectivity index (χ0n) is 11.8. The quantitative estimate of drug-likeness (QED) is 0.816. The number of rotatable bonds is 6. The second kappa shape index (κ2) is 7.13. The summed E-state index contributed by atoms with van der Waals surface area (Å²) in [6.07, 6.45) is 1.03. The van der Waals surface area contributed by atoms with Crippen molar-refractivity contribution in [1.29, 1.82) is 0 Å². The van der Waals surface area contributed by atoms with Crippen LogP contribution in [0.15, 0.2) is 16.6 Å². The lowest BCUT2D eigenvalue weighted by Gasteiger charge is -2.24. The minimum atomic E-state index is -1.07. The zero-order valence-corrected chi connectivity index (χ0v) is 13.4. The van der Waals surface area contributed by atoms with E-state index >= 15 is 0 Å². The largest absolute Gasteiger partial charge is 0.486 e. The molecule has 1 aromatic rings. The highest BCUT2D eigenvalue weighted by molar-refractivity contribution is 9.10. The van der Waals surface area contributed by atoms with E-state index in [1.54, 1.807) is 12.1 Å². The molecule has 0 aliphatic carbocycles. The minimum Gasteiger partial charge on any atom is -0.486 e. The molecule has 5 nitrogen and oxygen atoms in total. The molecule has 1 aliphatic heterocycles. The number of unbranched alkanes of at least 4 members (excludes halogenated alkanes) is 1. The van der Waals surface area contributed by atoms with Crippen molar-refractivity contribution in [3.05, 3.63) is 22.2 Å². The highest BCUT2D eigenvalue weighted by atomic mass is 79.9. The van der Waals surface area contributed by atoms with E-state index < -0.39 is 18.0 Å². The van der Waals surface area contributed by atoms with Crippen molar-refractivity contribution in [1.82, 2.24) is 0 Å². The third-order valence-electron chi connectivity index (χ3n) is 3.53. The monoisotopic (exact) mass is 358 g/mol. The van der Waals surface area contributed by atoms with Gasteiger partial charge in [-0.3, -0.25) is 4.79 Å². The Hall–Kier alpha value is -1.27. The van der Waals surface area contributed by atoms with Crippen LogP contribution < -0.4 is 9.47 Å². The van der Waals surface area contributed by atoms with E-state index in [1.807, 2.05) is 6.92 Å². The first kappa shape index (κ1) is 16.1. The van der Waals surface area contributed by atoms with E-state index in [9.17, 15) is 15.0 Å². The summed E-state index contributed by atoms with van der Waals surface area (Å²) in [5, 5.41) is 19.7. The first-order valence-electron chi connectivity index (χ1n) is 7.04. The van der Waals surface area contributed by atoms with Gasteiger partial charge in [-0.15, -0.1) is 0 Å². The van der Waals surface area contributed by atoms with Crippen LogP contribution in [0.25, 0.3) is 0 Å². The van der Waals surface area contributed by atoms with Crippen LogP contribution >= 0.6 is 15.9 Å². The van der Waals surface area contributed by atoms with Gasteiger partial charge in [-0.25, -0.2) is 0 Å². The standard InChI is InChI=1S/C15H19BrO5/c1-2-3-4-10(15(18)19)13(17)9-7-11(16)14-12(8-9)20-5-6-21-14/h7-8,10,13,17H,2-6H2,1H3,(H,18,19).